The summed E-state index contributed by atoms with van der Waals surface area (Å²) in [6.07, 6.45) is 1.23. The molecule has 0 aliphatic heterocycles. The van der Waals surface area contributed by atoms with E-state index < -0.39 is 20.6 Å². The molecule has 0 aromatic heterocycles. The molecule has 3 heteroatoms. The zero-order valence-electron chi connectivity index (χ0n) is 5.92. The van der Waals surface area contributed by atoms with Gasteiger partial charge in [0.25, 0.3) is 0 Å². The summed E-state index contributed by atoms with van der Waals surface area (Å²) >= 11 is -0.549. The standard InChI is InChI=1S/C6H13AsO2/c1-7(2)5-3-4-6(8)9/h3-5H2,1-2H3,(H,8,9). The predicted molar refractivity (Wildman–Crippen MR) is 39.2 cm³/mol. The van der Waals surface area contributed by atoms with Gasteiger partial charge in [0.2, 0.25) is 0 Å². The summed E-state index contributed by atoms with van der Waals surface area (Å²) in [5, 5.41) is 9.41. The van der Waals surface area contributed by atoms with Gasteiger partial charge in [0.1, 0.15) is 0 Å². The van der Waals surface area contributed by atoms with Crippen molar-refractivity contribution in [2.24, 2.45) is 0 Å². The second kappa shape index (κ2) is 4.87. The Hall–Kier alpha value is 0.0284. The van der Waals surface area contributed by atoms with Crippen LogP contribution < -0.4 is 0 Å². The maximum atomic E-state index is 10.00. The van der Waals surface area contributed by atoms with Crippen LogP contribution in [0.3, 0.4) is 0 Å². The first-order chi connectivity index (χ1) is 4.13. The van der Waals surface area contributed by atoms with Gasteiger partial charge in [-0.3, -0.25) is 0 Å². The van der Waals surface area contributed by atoms with Crippen LogP contribution in [0.15, 0.2) is 0 Å². The van der Waals surface area contributed by atoms with E-state index in [1.54, 1.807) is 0 Å². The molecule has 0 aromatic carbocycles. The van der Waals surface area contributed by atoms with Crippen molar-refractivity contribution >= 4 is 20.6 Å². The van der Waals surface area contributed by atoms with Gasteiger partial charge in [0.05, 0.1) is 0 Å². The number of carboxylic acid groups (broad SMARTS) is 1. The van der Waals surface area contributed by atoms with Crippen LogP contribution in [0.5, 0.6) is 0 Å². The number of rotatable bonds is 4. The summed E-state index contributed by atoms with van der Waals surface area (Å²) in [6, 6.07) is 0. The van der Waals surface area contributed by atoms with Gasteiger partial charge < -0.3 is 0 Å². The summed E-state index contributed by atoms with van der Waals surface area (Å²) < 4.78 is 0. The summed E-state index contributed by atoms with van der Waals surface area (Å²) in [7, 11) is 0. The van der Waals surface area contributed by atoms with Gasteiger partial charge >= 0.3 is 60.0 Å². The predicted octanol–water partition coefficient (Wildman–Crippen LogP) is 1.61. The zero-order valence-corrected chi connectivity index (χ0v) is 7.80. The molecule has 2 nitrogen and oxygen atoms in total. The Balaban J connectivity index is 3.01. The van der Waals surface area contributed by atoms with Crippen LogP contribution in [0.4, 0.5) is 0 Å². The van der Waals surface area contributed by atoms with E-state index in [1.807, 2.05) is 0 Å². The quantitative estimate of drug-likeness (QED) is 0.687. The van der Waals surface area contributed by atoms with Gasteiger partial charge in [-0.1, -0.05) is 0 Å². The number of carboxylic acids is 1. The van der Waals surface area contributed by atoms with Crippen LogP contribution in [0.2, 0.25) is 16.6 Å². The van der Waals surface area contributed by atoms with E-state index in [-0.39, 0.29) is 0 Å². The average Bonchev–Trinajstić information content (AvgIpc) is 1.63. The topological polar surface area (TPSA) is 37.3 Å². The summed E-state index contributed by atoms with van der Waals surface area (Å²) in [6.45, 7) is 0. The second-order valence-corrected chi connectivity index (χ2v) is 7.77. The number of aliphatic carboxylic acids is 1. The molecule has 0 aliphatic carbocycles. The first-order valence-corrected chi connectivity index (χ1v) is 8.07. The van der Waals surface area contributed by atoms with Crippen molar-refractivity contribution < 1.29 is 9.90 Å². The molecule has 0 bridgehead atoms. The molecule has 0 aliphatic rings. The Morgan fingerprint density at radius 3 is 2.44 bits per heavy atom. The third kappa shape index (κ3) is 8.03. The minimum atomic E-state index is -0.661. The Bertz CT molecular complexity index is 91.1. The van der Waals surface area contributed by atoms with Crippen molar-refractivity contribution in [1.29, 1.82) is 0 Å². The molecule has 1 N–H and O–H groups in total. The van der Waals surface area contributed by atoms with E-state index in [1.165, 1.54) is 5.21 Å². The molecule has 0 atom stereocenters. The molecule has 0 saturated carbocycles. The van der Waals surface area contributed by atoms with Gasteiger partial charge in [0.15, 0.2) is 0 Å². The molecule has 0 unspecified atom stereocenters. The van der Waals surface area contributed by atoms with E-state index in [9.17, 15) is 4.79 Å². The summed E-state index contributed by atoms with van der Waals surface area (Å²) in [4.78, 5) is 10.00. The molecule has 0 fully saturated rings. The normalized spacial score (nSPS) is 10.1. The molecule has 0 heterocycles. The molecule has 0 radical (unpaired) electrons. The van der Waals surface area contributed by atoms with Crippen molar-refractivity contribution in [3.8, 4) is 0 Å². The Morgan fingerprint density at radius 1 is 1.56 bits per heavy atom. The SMILES string of the molecule is C[As](C)CCCC(=O)O. The summed E-state index contributed by atoms with van der Waals surface area (Å²) in [5.41, 5.74) is 4.49. The molecular weight excluding hydrogens is 179 g/mol. The number of carbonyl (C=O) groups is 1. The van der Waals surface area contributed by atoms with Crippen molar-refractivity contribution in [3.63, 3.8) is 0 Å². The van der Waals surface area contributed by atoms with Crippen LogP contribution >= 0.6 is 0 Å². The first-order valence-electron chi connectivity index (χ1n) is 2.99. The molecule has 9 heavy (non-hydrogen) atoms. The molecular formula is C6H13AsO2. The fourth-order valence-corrected chi connectivity index (χ4v) is 2.21. The van der Waals surface area contributed by atoms with Gasteiger partial charge in [-0.15, -0.1) is 0 Å². The van der Waals surface area contributed by atoms with E-state index in [2.05, 4.69) is 11.4 Å². The fraction of sp³-hybridized carbons (Fsp3) is 0.833. The van der Waals surface area contributed by atoms with Crippen LogP contribution in [-0.2, 0) is 4.79 Å². The molecule has 0 rings (SSSR count). The van der Waals surface area contributed by atoms with Crippen molar-refractivity contribution in [3.05, 3.63) is 0 Å². The van der Waals surface area contributed by atoms with E-state index >= 15 is 0 Å². The Labute approximate surface area is 60.5 Å². The van der Waals surface area contributed by atoms with Crippen LogP contribution in [0.25, 0.3) is 0 Å². The van der Waals surface area contributed by atoms with E-state index in [0.717, 1.165) is 6.42 Å². The average molecular weight is 192 g/mol. The monoisotopic (exact) mass is 192 g/mol. The van der Waals surface area contributed by atoms with Gasteiger partial charge in [-0.25, -0.2) is 0 Å². The van der Waals surface area contributed by atoms with Gasteiger partial charge in [-0.05, 0) is 0 Å². The fourth-order valence-electron chi connectivity index (χ4n) is 0.547. The van der Waals surface area contributed by atoms with Crippen molar-refractivity contribution in [2.75, 3.05) is 0 Å². The molecule has 0 amide bonds. The molecule has 0 aromatic rings. The van der Waals surface area contributed by atoms with E-state index in [0.29, 0.717) is 6.42 Å². The first kappa shape index (κ1) is 9.03. The zero-order chi connectivity index (χ0) is 7.28. The molecule has 0 saturated heterocycles. The third-order valence-electron chi connectivity index (χ3n) is 0.996. The van der Waals surface area contributed by atoms with Gasteiger partial charge in [-0.2, -0.15) is 0 Å². The molecule has 54 valence electrons. The Kier molecular flexibility index (Phi) is 4.88. The maximum absolute atomic E-state index is 10.00. The van der Waals surface area contributed by atoms with E-state index in [4.69, 9.17) is 5.11 Å². The molecule has 0 spiro atoms. The van der Waals surface area contributed by atoms with Crippen LogP contribution in [0.1, 0.15) is 12.8 Å². The number of hydrogen-bond donors (Lipinski definition) is 1. The Morgan fingerprint density at radius 2 is 2.11 bits per heavy atom. The van der Waals surface area contributed by atoms with Gasteiger partial charge in [0, 0.05) is 0 Å². The number of hydrogen-bond acceptors (Lipinski definition) is 1. The van der Waals surface area contributed by atoms with Crippen LogP contribution in [0, 0.1) is 0 Å². The summed E-state index contributed by atoms with van der Waals surface area (Å²) in [5.74, 6) is -0.661. The minimum absolute atomic E-state index is 0.354. The van der Waals surface area contributed by atoms with Crippen LogP contribution in [-0.4, -0.2) is 25.7 Å². The van der Waals surface area contributed by atoms with Crippen molar-refractivity contribution in [1.82, 2.24) is 0 Å². The third-order valence-corrected chi connectivity index (χ3v) is 3.54. The van der Waals surface area contributed by atoms with Crippen molar-refractivity contribution in [2.45, 2.75) is 29.5 Å². The second-order valence-electron chi connectivity index (χ2n) is 2.30.